The lowest BCUT2D eigenvalue weighted by molar-refractivity contribution is 0.335. The Kier molecular flexibility index (Phi) is 5.06. The van der Waals surface area contributed by atoms with E-state index in [1.54, 1.807) is 10.9 Å². The van der Waals surface area contributed by atoms with Gasteiger partial charge in [0.25, 0.3) is 5.56 Å². The molecule has 0 spiro atoms. The maximum Gasteiger partial charge on any atom is 0.337 e. The lowest BCUT2D eigenvalue weighted by Gasteiger charge is -2.24. The molecular formula is C25H26N4O2. The zero-order valence-corrected chi connectivity index (χ0v) is 17.6. The molecular weight excluding hydrogens is 388 g/mol. The number of rotatable bonds is 4. The molecule has 1 aliphatic rings. The number of para-hydroxylation sites is 1. The van der Waals surface area contributed by atoms with Crippen LogP contribution in [0.1, 0.15) is 56.7 Å². The van der Waals surface area contributed by atoms with Crippen molar-refractivity contribution in [1.82, 2.24) is 18.7 Å². The Morgan fingerprint density at radius 1 is 0.903 bits per heavy atom. The first-order valence-corrected chi connectivity index (χ1v) is 11.0. The molecule has 4 aromatic rings. The van der Waals surface area contributed by atoms with Gasteiger partial charge in [-0.15, -0.1) is 0 Å². The summed E-state index contributed by atoms with van der Waals surface area (Å²) < 4.78 is 5.00. The number of hydrogen-bond acceptors (Lipinski definition) is 3. The third-order valence-corrected chi connectivity index (χ3v) is 6.46. The Morgan fingerprint density at radius 3 is 2.23 bits per heavy atom. The molecule has 0 saturated heterocycles. The molecule has 158 valence electrons. The summed E-state index contributed by atoms with van der Waals surface area (Å²) in [6.07, 6.45) is 6.64. The van der Waals surface area contributed by atoms with E-state index in [9.17, 15) is 9.59 Å². The van der Waals surface area contributed by atoms with Crippen LogP contribution < -0.4 is 11.2 Å². The minimum absolute atomic E-state index is 0.0662. The number of fused-ring (bicyclic) bond motifs is 1. The molecule has 6 heteroatoms. The normalized spacial score (nSPS) is 15.9. The molecule has 31 heavy (non-hydrogen) atoms. The van der Waals surface area contributed by atoms with Crippen molar-refractivity contribution < 1.29 is 0 Å². The molecule has 2 aromatic heterocycles. The number of aromatic nitrogens is 4. The molecule has 0 aliphatic heterocycles. The minimum atomic E-state index is -0.298. The van der Waals surface area contributed by atoms with E-state index in [-0.39, 0.29) is 23.3 Å². The number of hydrogen-bond donors (Lipinski definition) is 0. The highest BCUT2D eigenvalue weighted by molar-refractivity contribution is 5.73. The Hall–Kier alpha value is -3.41. The van der Waals surface area contributed by atoms with Gasteiger partial charge in [0.2, 0.25) is 0 Å². The highest BCUT2D eigenvalue weighted by Gasteiger charge is 2.26. The summed E-state index contributed by atoms with van der Waals surface area (Å²) in [6, 6.07) is 19.4. The van der Waals surface area contributed by atoms with E-state index in [2.05, 4.69) is 11.9 Å². The zero-order valence-electron chi connectivity index (χ0n) is 17.6. The van der Waals surface area contributed by atoms with Crippen LogP contribution in [0.5, 0.6) is 0 Å². The molecule has 0 unspecified atom stereocenters. The van der Waals surface area contributed by atoms with E-state index in [4.69, 9.17) is 0 Å². The monoisotopic (exact) mass is 414 g/mol. The Balaban J connectivity index is 1.81. The quantitative estimate of drug-likeness (QED) is 0.495. The van der Waals surface area contributed by atoms with Gasteiger partial charge in [0, 0.05) is 6.04 Å². The predicted octanol–water partition coefficient (Wildman–Crippen LogP) is 4.46. The van der Waals surface area contributed by atoms with Gasteiger partial charge in [0.1, 0.15) is 0 Å². The van der Waals surface area contributed by atoms with Crippen molar-refractivity contribution in [2.24, 2.45) is 0 Å². The van der Waals surface area contributed by atoms with Crippen LogP contribution in [0.4, 0.5) is 0 Å². The van der Waals surface area contributed by atoms with Crippen LogP contribution in [0.15, 0.2) is 76.6 Å². The van der Waals surface area contributed by atoms with Crippen LogP contribution >= 0.6 is 0 Å². The third-order valence-electron chi connectivity index (χ3n) is 6.46. The molecule has 0 N–H and O–H groups in total. The maximum absolute atomic E-state index is 13.7. The first kappa shape index (κ1) is 19.5. The summed E-state index contributed by atoms with van der Waals surface area (Å²) >= 11 is 0. The standard InChI is InChI=1S/C25H26N4O2/c1-18(19-11-5-2-6-12-19)27-17-26-23-22(27)24(30)29(21-15-9-4-10-16-21)25(31)28(23)20-13-7-3-8-14-20/h2-3,5-8,11-14,17-18,21H,4,9-10,15-16H2,1H3/t18-/m1/s1. The fourth-order valence-corrected chi connectivity index (χ4v) is 4.78. The predicted molar refractivity (Wildman–Crippen MR) is 122 cm³/mol. The molecule has 0 radical (unpaired) electrons. The lowest BCUT2D eigenvalue weighted by atomic mass is 9.95. The van der Waals surface area contributed by atoms with Gasteiger partial charge in [-0.1, -0.05) is 67.8 Å². The second-order valence-corrected chi connectivity index (χ2v) is 8.33. The van der Waals surface area contributed by atoms with Crippen LogP contribution in [0.25, 0.3) is 16.9 Å². The van der Waals surface area contributed by atoms with Gasteiger partial charge < -0.3 is 4.57 Å². The van der Waals surface area contributed by atoms with Gasteiger partial charge in [0.05, 0.1) is 18.1 Å². The second-order valence-electron chi connectivity index (χ2n) is 8.33. The number of imidazole rings is 1. The highest BCUT2D eigenvalue weighted by atomic mass is 16.2. The summed E-state index contributed by atoms with van der Waals surface area (Å²) in [5.74, 6) is 0. The summed E-state index contributed by atoms with van der Waals surface area (Å²) in [4.78, 5) is 31.9. The van der Waals surface area contributed by atoms with Gasteiger partial charge in [-0.3, -0.25) is 9.36 Å². The molecule has 0 bridgehead atoms. The van der Waals surface area contributed by atoms with Crippen LogP contribution in [-0.4, -0.2) is 18.7 Å². The van der Waals surface area contributed by atoms with Crippen molar-refractivity contribution in [1.29, 1.82) is 0 Å². The number of benzene rings is 2. The first-order valence-electron chi connectivity index (χ1n) is 11.0. The molecule has 2 heterocycles. The van der Waals surface area contributed by atoms with E-state index < -0.39 is 0 Å². The third kappa shape index (κ3) is 3.32. The summed E-state index contributed by atoms with van der Waals surface area (Å²) in [7, 11) is 0. The zero-order chi connectivity index (χ0) is 21.4. The van der Waals surface area contributed by atoms with Crippen LogP contribution in [0, 0.1) is 0 Å². The van der Waals surface area contributed by atoms with Crippen molar-refractivity contribution in [2.75, 3.05) is 0 Å². The topological polar surface area (TPSA) is 61.8 Å². The second kappa shape index (κ2) is 8.02. The average molecular weight is 415 g/mol. The molecule has 6 nitrogen and oxygen atoms in total. The Morgan fingerprint density at radius 2 is 1.55 bits per heavy atom. The maximum atomic E-state index is 13.7. The van der Waals surface area contributed by atoms with E-state index in [0.29, 0.717) is 11.2 Å². The molecule has 0 amide bonds. The highest BCUT2D eigenvalue weighted by Crippen LogP contribution is 2.27. The van der Waals surface area contributed by atoms with Crippen LogP contribution in [0.3, 0.4) is 0 Å². The fraction of sp³-hybridized carbons (Fsp3) is 0.320. The lowest BCUT2D eigenvalue weighted by Crippen LogP contribution is -2.43. The Bertz CT molecular complexity index is 1310. The van der Waals surface area contributed by atoms with Gasteiger partial charge in [-0.25, -0.2) is 14.3 Å². The summed E-state index contributed by atoms with van der Waals surface area (Å²) in [5, 5.41) is 0. The summed E-state index contributed by atoms with van der Waals surface area (Å²) in [6.45, 7) is 2.05. The van der Waals surface area contributed by atoms with Crippen molar-refractivity contribution in [2.45, 2.75) is 51.1 Å². The van der Waals surface area contributed by atoms with E-state index >= 15 is 0 Å². The van der Waals surface area contributed by atoms with Crippen molar-refractivity contribution in [3.63, 3.8) is 0 Å². The van der Waals surface area contributed by atoms with E-state index in [0.717, 1.165) is 43.4 Å². The SMILES string of the molecule is C[C@H](c1ccccc1)n1cnc2c1c(=O)n(C1CCCCC1)c(=O)n2-c1ccccc1. The van der Waals surface area contributed by atoms with E-state index in [1.165, 1.54) is 4.57 Å². The van der Waals surface area contributed by atoms with Crippen LogP contribution in [-0.2, 0) is 0 Å². The number of nitrogens with zero attached hydrogens (tertiary/aromatic N) is 4. The van der Waals surface area contributed by atoms with Crippen molar-refractivity contribution >= 4 is 11.2 Å². The van der Waals surface area contributed by atoms with Gasteiger partial charge in [0.15, 0.2) is 11.2 Å². The van der Waals surface area contributed by atoms with Gasteiger partial charge in [-0.2, -0.15) is 0 Å². The molecule has 1 saturated carbocycles. The Labute approximate surface area is 180 Å². The molecule has 1 aliphatic carbocycles. The fourth-order valence-electron chi connectivity index (χ4n) is 4.78. The van der Waals surface area contributed by atoms with Crippen molar-refractivity contribution in [3.8, 4) is 5.69 Å². The molecule has 5 rings (SSSR count). The van der Waals surface area contributed by atoms with Crippen molar-refractivity contribution in [3.05, 3.63) is 93.4 Å². The minimum Gasteiger partial charge on any atom is -0.317 e. The molecule has 1 fully saturated rings. The molecule has 1 atom stereocenters. The van der Waals surface area contributed by atoms with E-state index in [1.807, 2.05) is 65.2 Å². The molecule has 2 aromatic carbocycles. The first-order chi connectivity index (χ1) is 15.2. The van der Waals surface area contributed by atoms with Crippen LogP contribution in [0.2, 0.25) is 0 Å². The summed E-state index contributed by atoms with van der Waals surface area (Å²) in [5.41, 5.74) is 2.16. The average Bonchev–Trinajstić information content (AvgIpc) is 3.26. The van der Waals surface area contributed by atoms with Gasteiger partial charge in [-0.05, 0) is 37.5 Å². The van der Waals surface area contributed by atoms with Gasteiger partial charge >= 0.3 is 5.69 Å². The smallest absolute Gasteiger partial charge is 0.317 e. The largest absolute Gasteiger partial charge is 0.337 e.